The van der Waals surface area contributed by atoms with Gasteiger partial charge in [-0.25, -0.2) is 0 Å². The van der Waals surface area contributed by atoms with E-state index in [1.165, 1.54) is 17.4 Å². The summed E-state index contributed by atoms with van der Waals surface area (Å²) in [7, 11) is 0. The summed E-state index contributed by atoms with van der Waals surface area (Å²) in [6.07, 6.45) is 0. The third-order valence-corrected chi connectivity index (χ3v) is 4.82. The number of hydrogen-bond acceptors (Lipinski definition) is 10. The van der Waals surface area contributed by atoms with Gasteiger partial charge < -0.3 is 9.64 Å². The number of non-ortho nitro benzene ring substituents is 1. The minimum atomic E-state index is -0.751. The zero-order chi connectivity index (χ0) is 19.4. The van der Waals surface area contributed by atoms with Crippen LogP contribution in [-0.2, 0) is 4.74 Å². The fourth-order valence-corrected chi connectivity index (χ4v) is 3.40. The Morgan fingerprint density at radius 2 is 1.81 bits per heavy atom. The van der Waals surface area contributed by atoms with Crippen LogP contribution in [0.4, 0.5) is 27.8 Å². The van der Waals surface area contributed by atoms with Crippen LogP contribution in [0.1, 0.15) is 4.88 Å². The molecular formula is C15H12N6O5S. The maximum absolute atomic E-state index is 11.2. The number of nitro benzene ring substituents is 2. The Hall–Kier alpha value is -3.43. The molecule has 0 bridgehead atoms. The molecular weight excluding hydrogens is 376 g/mol. The van der Waals surface area contributed by atoms with Gasteiger partial charge in [0.25, 0.3) is 5.69 Å². The number of azo groups is 1. The SMILES string of the molecule is N#Cc1cc(N=Nc2ccc([N+](=O)[O-])cc2[N+](=O)[O-])c(N2CCOCC2)s1. The number of thiophene rings is 1. The average Bonchev–Trinajstić information content (AvgIpc) is 3.10. The molecule has 2 aromatic rings. The second-order valence-corrected chi connectivity index (χ2v) is 6.43. The molecule has 12 heteroatoms. The van der Waals surface area contributed by atoms with E-state index in [0.29, 0.717) is 36.9 Å². The first-order valence-electron chi connectivity index (χ1n) is 7.71. The lowest BCUT2D eigenvalue weighted by Crippen LogP contribution is -2.35. The number of nitriles is 1. The predicted molar refractivity (Wildman–Crippen MR) is 96.0 cm³/mol. The molecule has 0 saturated carbocycles. The monoisotopic (exact) mass is 388 g/mol. The van der Waals surface area contributed by atoms with Crippen molar-refractivity contribution in [3.05, 3.63) is 49.4 Å². The molecule has 0 amide bonds. The number of hydrogen-bond donors (Lipinski definition) is 0. The lowest BCUT2D eigenvalue weighted by atomic mass is 10.2. The number of morpholine rings is 1. The summed E-state index contributed by atoms with van der Waals surface area (Å²) in [5.74, 6) is 0. The molecule has 3 rings (SSSR count). The van der Waals surface area contributed by atoms with Crippen molar-refractivity contribution in [2.24, 2.45) is 10.2 Å². The minimum Gasteiger partial charge on any atom is -0.378 e. The second-order valence-electron chi connectivity index (χ2n) is 5.40. The zero-order valence-corrected chi connectivity index (χ0v) is 14.6. The van der Waals surface area contributed by atoms with E-state index in [2.05, 4.69) is 16.3 Å². The standard InChI is InChI=1S/C15H12N6O5S/c16-9-11-8-13(15(27-11)19-3-5-26-6-4-19)18-17-12-2-1-10(20(22)23)7-14(12)21(24)25/h1-2,7-8H,3-6H2. The van der Waals surface area contributed by atoms with Crippen molar-refractivity contribution >= 4 is 39.1 Å². The van der Waals surface area contributed by atoms with Crippen LogP contribution in [-0.4, -0.2) is 36.1 Å². The van der Waals surface area contributed by atoms with Crippen LogP contribution in [0.5, 0.6) is 0 Å². The zero-order valence-electron chi connectivity index (χ0n) is 13.8. The largest absolute Gasteiger partial charge is 0.378 e. The maximum Gasteiger partial charge on any atom is 0.303 e. The lowest BCUT2D eigenvalue weighted by molar-refractivity contribution is -0.393. The summed E-state index contributed by atoms with van der Waals surface area (Å²) in [4.78, 5) is 23.0. The maximum atomic E-state index is 11.2. The van der Waals surface area contributed by atoms with Crippen LogP contribution in [0.3, 0.4) is 0 Å². The molecule has 0 unspecified atom stereocenters. The Balaban J connectivity index is 1.96. The highest BCUT2D eigenvalue weighted by Crippen LogP contribution is 2.40. The van der Waals surface area contributed by atoms with Gasteiger partial charge in [0.05, 0.1) is 29.1 Å². The first-order valence-corrected chi connectivity index (χ1v) is 8.52. The third-order valence-electron chi connectivity index (χ3n) is 3.73. The molecule has 1 aromatic carbocycles. The molecule has 0 aliphatic carbocycles. The molecule has 1 aliphatic heterocycles. The Morgan fingerprint density at radius 3 is 2.44 bits per heavy atom. The van der Waals surface area contributed by atoms with E-state index in [1.54, 1.807) is 6.07 Å². The number of anilines is 1. The van der Waals surface area contributed by atoms with Crippen LogP contribution >= 0.6 is 11.3 Å². The molecule has 27 heavy (non-hydrogen) atoms. The Bertz CT molecular complexity index is 960. The van der Waals surface area contributed by atoms with Gasteiger partial charge in [0.15, 0.2) is 5.69 Å². The molecule has 0 spiro atoms. The van der Waals surface area contributed by atoms with Gasteiger partial charge in [-0.15, -0.1) is 21.6 Å². The fourth-order valence-electron chi connectivity index (χ4n) is 2.46. The van der Waals surface area contributed by atoms with Crippen molar-refractivity contribution in [3.63, 3.8) is 0 Å². The Kier molecular flexibility index (Phi) is 5.34. The minimum absolute atomic E-state index is 0.108. The van der Waals surface area contributed by atoms with Crippen LogP contribution in [0.15, 0.2) is 34.5 Å². The van der Waals surface area contributed by atoms with Crippen molar-refractivity contribution in [2.75, 3.05) is 31.2 Å². The number of benzene rings is 1. The first-order chi connectivity index (χ1) is 13.0. The summed E-state index contributed by atoms with van der Waals surface area (Å²) in [6.45, 7) is 2.35. The highest BCUT2D eigenvalue weighted by atomic mass is 32.1. The quantitative estimate of drug-likeness (QED) is 0.431. The van der Waals surface area contributed by atoms with Crippen molar-refractivity contribution in [1.82, 2.24) is 0 Å². The van der Waals surface area contributed by atoms with E-state index in [9.17, 15) is 20.2 Å². The van der Waals surface area contributed by atoms with Crippen molar-refractivity contribution in [3.8, 4) is 6.07 Å². The van der Waals surface area contributed by atoms with Gasteiger partial charge in [-0.2, -0.15) is 5.26 Å². The van der Waals surface area contributed by atoms with Gasteiger partial charge in [-0.1, -0.05) is 0 Å². The Morgan fingerprint density at radius 1 is 1.11 bits per heavy atom. The molecule has 0 N–H and O–H groups in total. The average molecular weight is 388 g/mol. The molecule has 1 aromatic heterocycles. The number of nitro groups is 2. The third kappa shape index (κ3) is 4.05. The molecule has 138 valence electrons. The molecule has 1 fully saturated rings. The van der Waals surface area contributed by atoms with E-state index in [0.717, 1.165) is 17.1 Å². The summed E-state index contributed by atoms with van der Waals surface area (Å²) >= 11 is 1.25. The number of nitrogens with zero attached hydrogens (tertiary/aromatic N) is 6. The van der Waals surface area contributed by atoms with E-state index in [4.69, 9.17) is 10.00 Å². The van der Waals surface area contributed by atoms with Crippen LogP contribution < -0.4 is 4.90 Å². The van der Waals surface area contributed by atoms with Gasteiger partial charge in [-0.05, 0) is 12.1 Å². The Labute approximate surface area is 156 Å². The smallest absolute Gasteiger partial charge is 0.303 e. The summed E-state index contributed by atoms with van der Waals surface area (Å²) < 4.78 is 5.31. The van der Waals surface area contributed by atoms with Gasteiger partial charge >= 0.3 is 5.69 Å². The molecule has 0 atom stereocenters. The summed E-state index contributed by atoms with van der Waals surface area (Å²) in [5, 5.41) is 39.8. The van der Waals surface area contributed by atoms with Crippen molar-refractivity contribution < 1.29 is 14.6 Å². The van der Waals surface area contributed by atoms with Crippen molar-refractivity contribution in [2.45, 2.75) is 0 Å². The summed E-state index contributed by atoms with van der Waals surface area (Å²) in [5.41, 5.74) is -0.622. The van der Waals surface area contributed by atoms with Gasteiger partial charge in [0, 0.05) is 19.2 Å². The lowest BCUT2D eigenvalue weighted by Gasteiger charge is -2.27. The molecule has 11 nitrogen and oxygen atoms in total. The van der Waals surface area contributed by atoms with E-state index >= 15 is 0 Å². The van der Waals surface area contributed by atoms with Crippen LogP contribution in [0.25, 0.3) is 0 Å². The van der Waals surface area contributed by atoms with Gasteiger partial charge in [-0.3, -0.25) is 20.2 Å². The van der Waals surface area contributed by atoms with Gasteiger partial charge in [0.2, 0.25) is 0 Å². The van der Waals surface area contributed by atoms with E-state index in [-0.39, 0.29) is 5.69 Å². The first kappa shape index (κ1) is 18.4. The highest BCUT2D eigenvalue weighted by molar-refractivity contribution is 7.17. The second kappa shape index (κ2) is 7.85. The van der Waals surface area contributed by atoms with Crippen molar-refractivity contribution in [1.29, 1.82) is 5.26 Å². The molecule has 1 saturated heterocycles. The molecule has 2 heterocycles. The number of ether oxygens (including phenoxy) is 1. The molecule has 1 aliphatic rings. The fraction of sp³-hybridized carbons (Fsp3) is 0.267. The normalized spacial score (nSPS) is 14.3. The van der Waals surface area contributed by atoms with E-state index in [1.807, 2.05) is 4.90 Å². The predicted octanol–water partition coefficient (Wildman–Crippen LogP) is 3.69. The van der Waals surface area contributed by atoms with Gasteiger partial charge in [0.1, 0.15) is 21.6 Å². The molecule has 0 radical (unpaired) electrons. The topological polar surface area (TPSA) is 147 Å². The summed E-state index contributed by atoms with van der Waals surface area (Å²) in [6, 6.07) is 6.74. The van der Waals surface area contributed by atoms with E-state index < -0.39 is 21.2 Å². The number of rotatable bonds is 5. The van der Waals surface area contributed by atoms with Crippen LogP contribution in [0.2, 0.25) is 0 Å². The van der Waals surface area contributed by atoms with Crippen LogP contribution in [0, 0.1) is 31.6 Å². The highest BCUT2D eigenvalue weighted by Gasteiger charge is 2.21.